The Morgan fingerprint density at radius 3 is 2.79 bits per heavy atom. The minimum atomic E-state index is -0.138. The lowest BCUT2D eigenvalue weighted by Gasteiger charge is -2.19. The molecular formula is C22H25NO5. The number of rotatable bonds is 7. The largest absolute Gasteiger partial charge is 0.490 e. The Morgan fingerprint density at radius 1 is 1.07 bits per heavy atom. The number of para-hydroxylation sites is 1. The number of fused-ring (bicyclic) bond motifs is 1. The molecule has 0 spiro atoms. The highest BCUT2D eigenvalue weighted by molar-refractivity contribution is 5.96. The van der Waals surface area contributed by atoms with E-state index in [0.717, 1.165) is 36.5 Å². The molecule has 0 radical (unpaired) electrons. The van der Waals surface area contributed by atoms with Crippen molar-refractivity contribution >= 4 is 5.91 Å². The Labute approximate surface area is 164 Å². The number of ether oxygens (including phenoxy) is 4. The third-order valence-electron chi connectivity index (χ3n) is 4.89. The fraction of sp³-hybridized carbons (Fsp3) is 0.409. The van der Waals surface area contributed by atoms with Crippen molar-refractivity contribution in [2.24, 2.45) is 0 Å². The predicted molar refractivity (Wildman–Crippen MR) is 104 cm³/mol. The standard InChI is InChI=1S/C22H25NO5/c24-22(18-5-1-2-6-19(18)28-15-17-4-3-11-25-17)23-10-9-16-7-8-20-21(14-16)27-13-12-26-20/h1-2,5-8,14,17H,3-4,9-13,15H2,(H,23,24)/t17-/m1/s1. The predicted octanol–water partition coefficient (Wildman–Crippen LogP) is 2.99. The van der Waals surface area contributed by atoms with Gasteiger partial charge >= 0.3 is 0 Å². The summed E-state index contributed by atoms with van der Waals surface area (Å²) in [6.45, 7) is 2.93. The molecule has 6 nitrogen and oxygen atoms in total. The minimum absolute atomic E-state index is 0.117. The fourth-order valence-corrected chi connectivity index (χ4v) is 3.40. The van der Waals surface area contributed by atoms with Gasteiger partial charge in [-0.3, -0.25) is 4.79 Å². The molecular weight excluding hydrogens is 358 g/mol. The molecule has 2 aliphatic heterocycles. The summed E-state index contributed by atoms with van der Waals surface area (Å²) < 4.78 is 22.6. The Morgan fingerprint density at radius 2 is 1.93 bits per heavy atom. The van der Waals surface area contributed by atoms with E-state index >= 15 is 0 Å². The first kappa shape index (κ1) is 18.6. The summed E-state index contributed by atoms with van der Waals surface area (Å²) in [6, 6.07) is 13.2. The lowest BCUT2D eigenvalue weighted by Crippen LogP contribution is -2.27. The normalized spacial score (nSPS) is 17.9. The highest BCUT2D eigenvalue weighted by atomic mass is 16.6. The number of hydrogen-bond donors (Lipinski definition) is 1. The van der Waals surface area contributed by atoms with E-state index in [-0.39, 0.29) is 12.0 Å². The van der Waals surface area contributed by atoms with Crippen molar-refractivity contribution in [1.82, 2.24) is 5.32 Å². The van der Waals surface area contributed by atoms with Crippen molar-refractivity contribution in [3.8, 4) is 17.2 Å². The molecule has 1 saturated heterocycles. The number of carbonyl (C=O) groups is 1. The van der Waals surface area contributed by atoms with Gasteiger partial charge < -0.3 is 24.3 Å². The van der Waals surface area contributed by atoms with Crippen LogP contribution in [0.3, 0.4) is 0 Å². The van der Waals surface area contributed by atoms with Gasteiger partial charge in [-0.15, -0.1) is 0 Å². The molecule has 0 unspecified atom stereocenters. The van der Waals surface area contributed by atoms with Crippen molar-refractivity contribution in [2.45, 2.75) is 25.4 Å². The summed E-state index contributed by atoms with van der Waals surface area (Å²) in [7, 11) is 0. The van der Waals surface area contributed by atoms with Crippen LogP contribution in [-0.4, -0.2) is 45.0 Å². The van der Waals surface area contributed by atoms with Gasteiger partial charge in [-0.05, 0) is 49.1 Å². The van der Waals surface area contributed by atoms with Crippen molar-refractivity contribution in [1.29, 1.82) is 0 Å². The van der Waals surface area contributed by atoms with E-state index in [4.69, 9.17) is 18.9 Å². The van der Waals surface area contributed by atoms with Gasteiger partial charge in [-0.2, -0.15) is 0 Å². The summed E-state index contributed by atoms with van der Waals surface area (Å²) in [5, 5.41) is 2.97. The molecule has 1 atom stereocenters. The molecule has 0 saturated carbocycles. The van der Waals surface area contributed by atoms with Gasteiger partial charge in [0.1, 0.15) is 25.6 Å². The average molecular weight is 383 g/mol. The van der Waals surface area contributed by atoms with Crippen LogP contribution in [0, 0.1) is 0 Å². The molecule has 2 aromatic carbocycles. The summed E-state index contributed by atoms with van der Waals surface area (Å²) in [4.78, 5) is 12.6. The van der Waals surface area contributed by atoms with Gasteiger partial charge in [-0.25, -0.2) is 0 Å². The van der Waals surface area contributed by atoms with Gasteiger partial charge in [0.05, 0.1) is 11.7 Å². The number of hydrogen-bond acceptors (Lipinski definition) is 5. The Balaban J connectivity index is 1.31. The molecule has 0 bridgehead atoms. The van der Waals surface area contributed by atoms with Crippen LogP contribution in [-0.2, 0) is 11.2 Å². The number of benzene rings is 2. The molecule has 148 valence electrons. The van der Waals surface area contributed by atoms with E-state index in [1.165, 1.54) is 0 Å². The van der Waals surface area contributed by atoms with Crippen LogP contribution < -0.4 is 19.5 Å². The van der Waals surface area contributed by atoms with Crippen LogP contribution in [0.4, 0.5) is 0 Å². The maximum Gasteiger partial charge on any atom is 0.255 e. The third kappa shape index (κ3) is 4.57. The summed E-state index contributed by atoms with van der Waals surface area (Å²) in [5.41, 5.74) is 1.63. The van der Waals surface area contributed by atoms with Gasteiger partial charge in [0.2, 0.25) is 0 Å². The van der Waals surface area contributed by atoms with Crippen molar-refractivity contribution < 1.29 is 23.7 Å². The third-order valence-corrected chi connectivity index (χ3v) is 4.89. The Kier molecular flexibility index (Phi) is 5.97. The molecule has 4 rings (SSSR count). The molecule has 1 fully saturated rings. The van der Waals surface area contributed by atoms with E-state index in [0.29, 0.717) is 44.1 Å². The number of nitrogens with one attached hydrogen (secondary N) is 1. The van der Waals surface area contributed by atoms with Gasteiger partial charge in [0.15, 0.2) is 11.5 Å². The van der Waals surface area contributed by atoms with Crippen LogP contribution >= 0.6 is 0 Å². The Bertz CT molecular complexity index is 816. The fourth-order valence-electron chi connectivity index (χ4n) is 3.40. The highest BCUT2D eigenvalue weighted by Gasteiger charge is 2.18. The van der Waals surface area contributed by atoms with Crippen molar-refractivity contribution in [2.75, 3.05) is 33.0 Å². The average Bonchev–Trinajstić information content (AvgIpc) is 3.26. The Hall–Kier alpha value is -2.73. The number of carbonyl (C=O) groups excluding carboxylic acids is 1. The van der Waals surface area contributed by atoms with E-state index in [1.807, 2.05) is 36.4 Å². The second-order valence-electron chi connectivity index (χ2n) is 6.93. The zero-order chi connectivity index (χ0) is 19.2. The van der Waals surface area contributed by atoms with Gasteiger partial charge in [-0.1, -0.05) is 18.2 Å². The van der Waals surface area contributed by atoms with E-state index < -0.39 is 0 Å². The SMILES string of the molecule is O=C(NCCc1ccc2c(c1)OCCO2)c1ccccc1OC[C@H]1CCCO1. The monoisotopic (exact) mass is 383 g/mol. The zero-order valence-electron chi connectivity index (χ0n) is 15.8. The molecule has 28 heavy (non-hydrogen) atoms. The lowest BCUT2D eigenvalue weighted by atomic mass is 10.1. The van der Waals surface area contributed by atoms with Crippen LogP contribution in [0.2, 0.25) is 0 Å². The van der Waals surface area contributed by atoms with E-state index in [1.54, 1.807) is 6.07 Å². The second-order valence-corrected chi connectivity index (χ2v) is 6.93. The first-order valence-electron chi connectivity index (χ1n) is 9.80. The van der Waals surface area contributed by atoms with Gasteiger partial charge in [0.25, 0.3) is 5.91 Å². The number of amides is 1. The maximum atomic E-state index is 12.6. The quantitative estimate of drug-likeness (QED) is 0.796. The van der Waals surface area contributed by atoms with Crippen LogP contribution in [0.5, 0.6) is 17.2 Å². The molecule has 0 aromatic heterocycles. The molecule has 1 amide bonds. The maximum absolute atomic E-state index is 12.6. The summed E-state index contributed by atoms with van der Waals surface area (Å²) in [6.07, 6.45) is 2.90. The van der Waals surface area contributed by atoms with E-state index in [9.17, 15) is 4.79 Å². The molecule has 2 aromatic rings. The first-order chi connectivity index (χ1) is 13.8. The summed E-state index contributed by atoms with van der Waals surface area (Å²) >= 11 is 0. The molecule has 2 heterocycles. The molecule has 0 aliphatic carbocycles. The van der Waals surface area contributed by atoms with E-state index in [2.05, 4.69) is 5.32 Å². The van der Waals surface area contributed by atoms with Crippen molar-refractivity contribution in [3.05, 3.63) is 53.6 Å². The molecule has 1 N–H and O–H groups in total. The van der Waals surface area contributed by atoms with Crippen LogP contribution in [0.25, 0.3) is 0 Å². The molecule has 6 heteroatoms. The van der Waals surface area contributed by atoms with Crippen LogP contribution in [0.1, 0.15) is 28.8 Å². The lowest BCUT2D eigenvalue weighted by molar-refractivity contribution is 0.0670. The smallest absolute Gasteiger partial charge is 0.255 e. The summed E-state index contributed by atoms with van der Waals surface area (Å²) in [5.74, 6) is 2.00. The second kappa shape index (κ2) is 8.97. The molecule has 2 aliphatic rings. The minimum Gasteiger partial charge on any atom is -0.490 e. The first-order valence-corrected chi connectivity index (χ1v) is 9.80. The van der Waals surface area contributed by atoms with Crippen LogP contribution in [0.15, 0.2) is 42.5 Å². The zero-order valence-corrected chi connectivity index (χ0v) is 15.8. The highest BCUT2D eigenvalue weighted by Crippen LogP contribution is 2.30. The van der Waals surface area contributed by atoms with Crippen molar-refractivity contribution in [3.63, 3.8) is 0 Å². The van der Waals surface area contributed by atoms with Gasteiger partial charge in [0, 0.05) is 13.2 Å². The topological polar surface area (TPSA) is 66.0 Å².